The van der Waals surface area contributed by atoms with Crippen molar-refractivity contribution in [1.82, 2.24) is 0 Å². The van der Waals surface area contributed by atoms with Crippen molar-refractivity contribution in [2.45, 2.75) is 25.6 Å². The summed E-state index contributed by atoms with van der Waals surface area (Å²) < 4.78 is 13.3. The first-order chi connectivity index (χ1) is 7.69. The zero-order valence-electron chi connectivity index (χ0n) is 9.06. The van der Waals surface area contributed by atoms with E-state index in [0.717, 1.165) is 18.8 Å². The van der Waals surface area contributed by atoms with Gasteiger partial charge in [-0.15, -0.1) is 0 Å². The predicted octanol–water partition coefficient (Wildman–Crippen LogP) is 1.28. The second-order valence-corrected chi connectivity index (χ2v) is 4.19. The van der Waals surface area contributed by atoms with E-state index in [1.54, 1.807) is 6.07 Å². The van der Waals surface area contributed by atoms with Crippen LogP contribution in [0.1, 0.15) is 18.4 Å². The highest BCUT2D eigenvalue weighted by atomic mass is 19.1. The maximum Gasteiger partial charge on any atom is 0.125 e. The Hall–Kier alpha value is -1.13. The van der Waals surface area contributed by atoms with Crippen molar-refractivity contribution in [2.75, 3.05) is 18.0 Å². The van der Waals surface area contributed by atoms with E-state index < -0.39 is 0 Å². The summed E-state index contributed by atoms with van der Waals surface area (Å²) in [5.74, 6) is -0.326. The number of nitrogens with zero attached hydrogens (tertiary/aromatic N) is 1. The largest absolute Gasteiger partial charge is 0.393 e. The van der Waals surface area contributed by atoms with Gasteiger partial charge in [-0.25, -0.2) is 4.39 Å². The van der Waals surface area contributed by atoms with Gasteiger partial charge in [0.05, 0.1) is 12.7 Å². The molecule has 88 valence electrons. The number of anilines is 1. The summed E-state index contributed by atoms with van der Waals surface area (Å²) >= 11 is 0. The maximum absolute atomic E-state index is 13.3. The molecule has 3 nitrogen and oxygen atoms in total. The summed E-state index contributed by atoms with van der Waals surface area (Å²) in [7, 11) is 0. The Morgan fingerprint density at radius 3 is 2.56 bits per heavy atom. The molecule has 2 N–H and O–H groups in total. The Morgan fingerprint density at radius 1 is 1.25 bits per heavy atom. The van der Waals surface area contributed by atoms with Crippen LogP contribution in [-0.2, 0) is 6.61 Å². The number of benzene rings is 1. The highest BCUT2D eigenvalue weighted by molar-refractivity contribution is 5.49. The lowest BCUT2D eigenvalue weighted by Gasteiger charge is -2.31. The van der Waals surface area contributed by atoms with Crippen LogP contribution in [0.3, 0.4) is 0 Å². The SMILES string of the molecule is OCc1cc(F)cc(N2CCC(O)CC2)c1. The number of rotatable bonds is 2. The van der Waals surface area contributed by atoms with E-state index in [4.69, 9.17) is 5.11 Å². The van der Waals surface area contributed by atoms with Gasteiger partial charge >= 0.3 is 0 Å². The van der Waals surface area contributed by atoms with Gasteiger partial charge in [0.2, 0.25) is 0 Å². The van der Waals surface area contributed by atoms with Crippen LogP contribution in [0.15, 0.2) is 18.2 Å². The number of aliphatic hydroxyl groups is 2. The van der Waals surface area contributed by atoms with Crippen molar-refractivity contribution in [3.8, 4) is 0 Å². The van der Waals surface area contributed by atoms with Gasteiger partial charge in [0.15, 0.2) is 0 Å². The second-order valence-electron chi connectivity index (χ2n) is 4.19. The molecular formula is C12H16FNO2. The first-order valence-electron chi connectivity index (χ1n) is 5.52. The van der Waals surface area contributed by atoms with Crippen LogP contribution in [0.4, 0.5) is 10.1 Å². The molecule has 0 unspecified atom stereocenters. The zero-order valence-corrected chi connectivity index (χ0v) is 9.06. The fourth-order valence-electron chi connectivity index (χ4n) is 2.03. The van der Waals surface area contributed by atoms with Crippen LogP contribution in [-0.4, -0.2) is 29.4 Å². The third-order valence-corrected chi connectivity index (χ3v) is 2.95. The summed E-state index contributed by atoms with van der Waals surface area (Å²) in [6, 6.07) is 4.60. The minimum atomic E-state index is -0.326. The number of halogens is 1. The number of aliphatic hydroxyl groups excluding tert-OH is 2. The fourth-order valence-corrected chi connectivity index (χ4v) is 2.03. The number of hydrogen-bond donors (Lipinski definition) is 2. The van der Waals surface area contributed by atoms with E-state index >= 15 is 0 Å². The Morgan fingerprint density at radius 2 is 1.94 bits per heavy atom. The lowest BCUT2D eigenvalue weighted by Crippen LogP contribution is -2.35. The molecule has 0 aromatic heterocycles. The monoisotopic (exact) mass is 225 g/mol. The topological polar surface area (TPSA) is 43.7 Å². The standard InChI is InChI=1S/C12H16FNO2/c13-10-5-9(8-15)6-11(7-10)14-3-1-12(16)2-4-14/h5-7,12,15-16H,1-4,8H2. The summed E-state index contributed by atoms with van der Waals surface area (Å²) in [5, 5.41) is 18.4. The Kier molecular flexibility index (Phi) is 3.41. The molecule has 1 aromatic carbocycles. The van der Waals surface area contributed by atoms with Crippen LogP contribution in [0, 0.1) is 5.82 Å². The van der Waals surface area contributed by atoms with Crippen LogP contribution in [0.25, 0.3) is 0 Å². The lowest BCUT2D eigenvalue weighted by atomic mass is 10.1. The summed E-state index contributed by atoms with van der Waals surface area (Å²) in [6.45, 7) is 1.31. The summed E-state index contributed by atoms with van der Waals surface area (Å²) in [6.07, 6.45) is 1.19. The maximum atomic E-state index is 13.3. The van der Waals surface area contributed by atoms with Crippen LogP contribution >= 0.6 is 0 Å². The van der Waals surface area contributed by atoms with Crippen molar-refractivity contribution < 1.29 is 14.6 Å². The van der Waals surface area contributed by atoms with Crippen molar-refractivity contribution >= 4 is 5.69 Å². The molecule has 0 spiro atoms. The molecule has 0 radical (unpaired) electrons. The normalized spacial score (nSPS) is 17.8. The van der Waals surface area contributed by atoms with Gasteiger partial charge < -0.3 is 15.1 Å². The van der Waals surface area contributed by atoms with Gasteiger partial charge in [-0.05, 0) is 36.6 Å². The average Bonchev–Trinajstić information content (AvgIpc) is 2.29. The number of hydrogen-bond acceptors (Lipinski definition) is 3. The van der Waals surface area contributed by atoms with Crippen LogP contribution in [0.2, 0.25) is 0 Å². The first kappa shape index (κ1) is 11.4. The third-order valence-electron chi connectivity index (χ3n) is 2.95. The number of piperidine rings is 1. The Bertz CT molecular complexity index is 362. The highest BCUT2D eigenvalue weighted by Crippen LogP contribution is 2.22. The molecule has 0 aliphatic carbocycles. The first-order valence-corrected chi connectivity index (χ1v) is 5.52. The Balaban J connectivity index is 2.16. The van der Waals surface area contributed by atoms with E-state index in [-0.39, 0.29) is 18.5 Å². The molecule has 16 heavy (non-hydrogen) atoms. The summed E-state index contributed by atoms with van der Waals surface area (Å²) in [4.78, 5) is 2.04. The molecule has 1 aliphatic heterocycles. The average molecular weight is 225 g/mol. The van der Waals surface area contributed by atoms with Gasteiger partial charge in [-0.1, -0.05) is 0 Å². The van der Waals surface area contributed by atoms with Crippen molar-refractivity contribution in [2.24, 2.45) is 0 Å². The molecule has 1 aromatic rings. The van der Waals surface area contributed by atoms with Gasteiger partial charge in [0.25, 0.3) is 0 Å². The smallest absolute Gasteiger partial charge is 0.125 e. The van der Waals surface area contributed by atoms with E-state index in [2.05, 4.69) is 0 Å². The van der Waals surface area contributed by atoms with Crippen LogP contribution < -0.4 is 4.90 Å². The van der Waals surface area contributed by atoms with Crippen molar-refractivity contribution in [1.29, 1.82) is 0 Å². The van der Waals surface area contributed by atoms with Gasteiger partial charge in [-0.3, -0.25) is 0 Å². The minimum absolute atomic E-state index is 0.152. The zero-order chi connectivity index (χ0) is 11.5. The lowest BCUT2D eigenvalue weighted by molar-refractivity contribution is 0.145. The predicted molar refractivity (Wildman–Crippen MR) is 59.8 cm³/mol. The van der Waals surface area contributed by atoms with Crippen molar-refractivity contribution in [3.05, 3.63) is 29.6 Å². The fraction of sp³-hybridized carbons (Fsp3) is 0.500. The molecule has 1 aliphatic rings. The Labute approximate surface area is 94.1 Å². The minimum Gasteiger partial charge on any atom is -0.393 e. The molecule has 4 heteroatoms. The van der Waals surface area contributed by atoms with Gasteiger partial charge in [0, 0.05) is 18.8 Å². The molecular weight excluding hydrogens is 209 g/mol. The molecule has 1 fully saturated rings. The van der Waals surface area contributed by atoms with Gasteiger partial charge in [0.1, 0.15) is 5.82 Å². The third kappa shape index (κ3) is 2.51. The van der Waals surface area contributed by atoms with E-state index in [1.165, 1.54) is 12.1 Å². The molecule has 1 saturated heterocycles. The molecule has 0 saturated carbocycles. The quantitative estimate of drug-likeness (QED) is 0.797. The molecule has 1 heterocycles. The second kappa shape index (κ2) is 4.80. The molecule has 0 atom stereocenters. The van der Waals surface area contributed by atoms with Gasteiger partial charge in [-0.2, -0.15) is 0 Å². The van der Waals surface area contributed by atoms with Crippen molar-refractivity contribution in [3.63, 3.8) is 0 Å². The molecule has 0 bridgehead atoms. The molecule has 2 rings (SSSR count). The van der Waals surface area contributed by atoms with E-state index in [1.807, 2.05) is 4.90 Å². The summed E-state index contributed by atoms with van der Waals surface area (Å²) in [5.41, 5.74) is 1.37. The van der Waals surface area contributed by atoms with Crippen LogP contribution in [0.5, 0.6) is 0 Å². The van der Waals surface area contributed by atoms with E-state index in [9.17, 15) is 9.50 Å². The van der Waals surface area contributed by atoms with E-state index in [0.29, 0.717) is 18.4 Å². The molecule has 0 amide bonds. The highest BCUT2D eigenvalue weighted by Gasteiger charge is 2.17.